The largest absolute Gasteiger partial charge is 0.453 e. The fourth-order valence-corrected chi connectivity index (χ4v) is 3.24. The van der Waals surface area contributed by atoms with Crippen molar-refractivity contribution >= 4 is 23.5 Å². The molecule has 7 heteroatoms. The molecule has 1 heterocycles. The van der Waals surface area contributed by atoms with Crippen molar-refractivity contribution in [2.75, 3.05) is 13.1 Å². The van der Waals surface area contributed by atoms with Gasteiger partial charge in [-0.15, -0.1) is 0 Å². The van der Waals surface area contributed by atoms with Crippen LogP contribution in [0.15, 0.2) is 65.8 Å². The Morgan fingerprint density at radius 1 is 1.03 bits per heavy atom. The maximum absolute atomic E-state index is 12.4. The van der Waals surface area contributed by atoms with Crippen molar-refractivity contribution in [2.24, 2.45) is 5.10 Å². The van der Waals surface area contributed by atoms with Crippen LogP contribution in [0.3, 0.4) is 0 Å². The molecule has 7 nitrogen and oxygen atoms in total. The number of carbonyl (C=O) groups excluding carboxylic acids is 3. The molecule has 0 spiro atoms. The number of hydrazone groups is 1. The third-order valence-corrected chi connectivity index (χ3v) is 4.97. The summed E-state index contributed by atoms with van der Waals surface area (Å²) in [4.78, 5) is 36.5. The Balaban J connectivity index is 1.36. The number of nitrogens with zero attached hydrogens (tertiary/aromatic N) is 2. The van der Waals surface area contributed by atoms with Gasteiger partial charge >= 0.3 is 5.97 Å². The molecular weight excluding hydrogens is 394 g/mol. The SMILES string of the molecule is CC(OC(=O)CCC(=O)N1CCC(c2ccccc2)=N1)C(=O)NCCc1ccccc1. The minimum atomic E-state index is -0.909. The lowest BCUT2D eigenvalue weighted by molar-refractivity contribution is -0.155. The van der Waals surface area contributed by atoms with Gasteiger partial charge in [-0.05, 0) is 24.5 Å². The summed E-state index contributed by atoms with van der Waals surface area (Å²) in [6.45, 7) is 2.48. The van der Waals surface area contributed by atoms with E-state index in [2.05, 4.69) is 10.4 Å². The van der Waals surface area contributed by atoms with Gasteiger partial charge in [-0.1, -0.05) is 60.7 Å². The van der Waals surface area contributed by atoms with Crippen molar-refractivity contribution in [1.29, 1.82) is 0 Å². The monoisotopic (exact) mass is 421 g/mol. The normalized spacial score (nSPS) is 14.0. The Morgan fingerprint density at radius 2 is 1.71 bits per heavy atom. The molecule has 162 valence electrons. The molecule has 1 aliphatic rings. The maximum Gasteiger partial charge on any atom is 0.307 e. The Bertz CT molecular complexity index is 928. The number of esters is 1. The highest BCUT2D eigenvalue weighted by molar-refractivity contribution is 6.02. The van der Waals surface area contributed by atoms with Crippen molar-refractivity contribution in [3.8, 4) is 0 Å². The summed E-state index contributed by atoms with van der Waals surface area (Å²) in [5.74, 6) is -1.17. The second kappa shape index (κ2) is 11.1. The number of ether oxygens (including phenoxy) is 1. The molecule has 0 fully saturated rings. The highest BCUT2D eigenvalue weighted by Gasteiger charge is 2.23. The van der Waals surface area contributed by atoms with E-state index in [1.165, 1.54) is 11.9 Å². The number of hydrogen-bond acceptors (Lipinski definition) is 5. The molecular formula is C24H27N3O4. The zero-order valence-electron chi connectivity index (χ0n) is 17.6. The summed E-state index contributed by atoms with van der Waals surface area (Å²) in [5, 5.41) is 8.52. The fraction of sp³-hybridized carbons (Fsp3) is 0.333. The lowest BCUT2D eigenvalue weighted by Crippen LogP contribution is -2.37. The summed E-state index contributed by atoms with van der Waals surface area (Å²) in [5.41, 5.74) is 2.97. The first-order valence-electron chi connectivity index (χ1n) is 10.5. The highest BCUT2D eigenvalue weighted by atomic mass is 16.5. The van der Waals surface area contributed by atoms with Crippen LogP contribution in [0.25, 0.3) is 0 Å². The molecule has 31 heavy (non-hydrogen) atoms. The van der Waals surface area contributed by atoms with Gasteiger partial charge in [-0.2, -0.15) is 5.10 Å². The van der Waals surface area contributed by atoms with Crippen LogP contribution >= 0.6 is 0 Å². The average molecular weight is 421 g/mol. The zero-order chi connectivity index (χ0) is 22.1. The first-order chi connectivity index (χ1) is 15.0. The van der Waals surface area contributed by atoms with Gasteiger partial charge in [0.15, 0.2) is 6.10 Å². The van der Waals surface area contributed by atoms with Crippen molar-refractivity contribution in [3.63, 3.8) is 0 Å². The first-order valence-corrected chi connectivity index (χ1v) is 10.5. The molecule has 1 unspecified atom stereocenters. The quantitative estimate of drug-likeness (QED) is 0.631. The number of nitrogens with one attached hydrogen (secondary N) is 1. The summed E-state index contributed by atoms with van der Waals surface area (Å²) >= 11 is 0. The zero-order valence-corrected chi connectivity index (χ0v) is 17.6. The van der Waals surface area contributed by atoms with Crippen LogP contribution in [0.5, 0.6) is 0 Å². The molecule has 2 aromatic carbocycles. The summed E-state index contributed by atoms with van der Waals surface area (Å²) in [7, 11) is 0. The molecule has 0 radical (unpaired) electrons. The predicted octanol–water partition coefficient (Wildman–Crippen LogP) is 2.69. The molecule has 2 aromatic rings. The van der Waals surface area contributed by atoms with Crippen molar-refractivity contribution in [1.82, 2.24) is 10.3 Å². The molecule has 0 saturated carbocycles. The van der Waals surface area contributed by atoms with Gasteiger partial charge in [0, 0.05) is 19.4 Å². The van der Waals surface area contributed by atoms with Gasteiger partial charge in [-0.25, -0.2) is 5.01 Å². The number of amides is 2. The minimum absolute atomic E-state index is 0.00719. The van der Waals surface area contributed by atoms with Crippen molar-refractivity contribution < 1.29 is 19.1 Å². The average Bonchev–Trinajstić information content (AvgIpc) is 3.29. The van der Waals surface area contributed by atoms with Gasteiger partial charge in [0.2, 0.25) is 5.91 Å². The van der Waals surface area contributed by atoms with Crippen molar-refractivity contribution in [2.45, 2.75) is 38.7 Å². The van der Waals surface area contributed by atoms with E-state index in [9.17, 15) is 14.4 Å². The standard InChI is InChI=1S/C24H27N3O4/c1-18(24(30)25-16-14-19-8-4-2-5-9-19)31-23(29)13-12-22(28)27-17-15-21(26-27)20-10-6-3-7-11-20/h2-11,18H,12-17H2,1H3,(H,25,30). The van der Waals surface area contributed by atoms with E-state index < -0.39 is 12.1 Å². The lowest BCUT2D eigenvalue weighted by atomic mass is 10.1. The van der Waals surface area contributed by atoms with Crippen LogP contribution in [0.1, 0.15) is 37.3 Å². The lowest BCUT2D eigenvalue weighted by Gasteiger charge is -2.14. The van der Waals surface area contributed by atoms with Crippen LogP contribution in [0.4, 0.5) is 0 Å². The predicted molar refractivity (Wildman–Crippen MR) is 117 cm³/mol. The van der Waals surface area contributed by atoms with E-state index in [0.717, 1.165) is 16.8 Å². The van der Waals surface area contributed by atoms with Gasteiger partial charge < -0.3 is 10.1 Å². The van der Waals surface area contributed by atoms with Crippen LogP contribution in [-0.2, 0) is 25.5 Å². The topological polar surface area (TPSA) is 88.1 Å². The van der Waals surface area contributed by atoms with Gasteiger partial charge in [0.25, 0.3) is 5.91 Å². The van der Waals surface area contributed by atoms with E-state index >= 15 is 0 Å². The van der Waals surface area contributed by atoms with Crippen LogP contribution in [-0.4, -0.2) is 47.7 Å². The van der Waals surface area contributed by atoms with E-state index in [-0.39, 0.29) is 24.7 Å². The highest BCUT2D eigenvalue weighted by Crippen LogP contribution is 2.15. The maximum atomic E-state index is 12.4. The molecule has 2 amide bonds. The smallest absolute Gasteiger partial charge is 0.307 e. The summed E-state index contributed by atoms with van der Waals surface area (Å²) < 4.78 is 5.16. The molecule has 1 atom stereocenters. The number of carbonyl (C=O) groups is 3. The van der Waals surface area contributed by atoms with Crippen molar-refractivity contribution in [3.05, 3.63) is 71.8 Å². The molecule has 0 aliphatic carbocycles. The fourth-order valence-electron chi connectivity index (χ4n) is 3.24. The van der Waals surface area contributed by atoms with Gasteiger partial charge in [0.1, 0.15) is 0 Å². The number of hydrogen-bond donors (Lipinski definition) is 1. The Kier molecular flexibility index (Phi) is 7.92. The van der Waals surface area contributed by atoms with E-state index in [0.29, 0.717) is 25.9 Å². The number of rotatable bonds is 9. The van der Waals surface area contributed by atoms with Crippen LogP contribution in [0.2, 0.25) is 0 Å². The molecule has 0 aromatic heterocycles. The first kappa shape index (κ1) is 22.2. The van der Waals surface area contributed by atoms with E-state index in [1.54, 1.807) is 0 Å². The van der Waals surface area contributed by atoms with Crippen LogP contribution < -0.4 is 5.32 Å². The number of benzene rings is 2. The van der Waals surface area contributed by atoms with Crippen LogP contribution in [0, 0.1) is 0 Å². The Morgan fingerprint density at radius 3 is 2.42 bits per heavy atom. The molecule has 1 N–H and O–H groups in total. The van der Waals surface area contributed by atoms with E-state index in [1.807, 2.05) is 60.7 Å². The van der Waals surface area contributed by atoms with Gasteiger partial charge in [-0.3, -0.25) is 14.4 Å². The summed E-state index contributed by atoms with van der Waals surface area (Å²) in [6, 6.07) is 19.5. The van der Waals surface area contributed by atoms with E-state index in [4.69, 9.17) is 4.74 Å². The molecule has 0 bridgehead atoms. The third kappa shape index (κ3) is 6.77. The minimum Gasteiger partial charge on any atom is -0.453 e. The second-order valence-corrected chi connectivity index (χ2v) is 7.34. The Hall–Kier alpha value is -3.48. The summed E-state index contributed by atoms with van der Waals surface area (Å²) in [6.07, 6.45) is 0.372. The molecule has 0 saturated heterocycles. The Labute approximate surface area is 182 Å². The second-order valence-electron chi connectivity index (χ2n) is 7.34. The van der Waals surface area contributed by atoms with Gasteiger partial charge in [0.05, 0.1) is 18.7 Å². The molecule has 3 rings (SSSR count). The third-order valence-electron chi connectivity index (χ3n) is 4.97. The molecule has 1 aliphatic heterocycles.